The Labute approximate surface area is 127 Å². The van der Waals surface area contributed by atoms with Crippen molar-refractivity contribution >= 4 is 11.3 Å². The van der Waals surface area contributed by atoms with Crippen LogP contribution in [0.4, 0.5) is 0 Å². The quantitative estimate of drug-likeness (QED) is 0.905. The van der Waals surface area contributed by atoms with Gasteiger partial charge in [-0.25, -0.2) is 4.98 Å². The predicted octanol–water partition coefficient (Wildman–Crippen LogP) is 1.14. The molecule has 1 atom stereocenters. The summed E-state index contributed by atoms with van der Waals surface area (Å²) in [4.78, 5) is 12.0. The summed E-state index contributed by atoms with van der Waals surface area (Å²) >= 11 is 1.55. The van der Waals surface area contributed by atoms with E-state index < -0.39 is 0 Å². The lowest BCUT2D eigenvalue weighted by Gasteiger charge is -2.27. The predicted molar refractivity (Wildman–Crippen MR) is 79.1 cm³/mol. The summed E-state index contributed by atoms with van der Waals surface area (Å²) in [5.41, 5.74) is 7.09. The van der Waals surface area contributed by atoms with Gasteiger partial charge in [0.15, 0.2) is 5.82 Å². The third-order valence-corrected chi connectivity index (χ3v) is 4.49. The van der Waals surface area contributed by atoms with Crippen molar-refractivity contribution in [3.63, 3.8) is 0 Å². The molecule has 0 bridgehead atoms. The molecule has 114 valence electrons. The topological polar surface area (TPSA) is 90.3 Å². The summed E-state index contributed by atoms with van der Waals surface area (Å²) in [6.45, 7) is 7.91. The number of hydrogen-bond acceptors (Lipinski definition) is 8. The van der Waals surface area contributed by atoms with Gasteiger partial charge in [-0.05, 0) is 13.8 Å². The molecule has 0 aliphatic carbocycles. The van der Waals surface area contributed by atoms with Gasteiger partial charge in [-0.3, -0.25) is 4.90 Å². The second kappa shape index (κ2) is 6.18. The van der Waals surface area contributed by atoms with Crippen molar-refractivity contribution in [3.8, 4) is 10.8 Å². The van der Waals surface area contributed by atoms with Crippen LogP contribution < -0.4 is 5.73 Å². The fourth-order valence-corrected chi connectivity index (χ4v) is 3.19. The molecule has 8 heteroatoms. The summed E-state index contributed by atoms with van der Waals surface area (Å²) in [5, 5.41) is 5.00. The Hall–Kier alpha value is -1.35. The van der Waals surface area contributed by atoms with E-state index in [0.717, 1.165) is 41.9 Å². The van der Waals surface area contributed by atoms with Gasteiger partial charge >= 0.3 is 0 Å². The Morgan fingerprint density at radius 1 is 1.29 bits per heavy atom. The molecule has 2 aromatic heterocycles. The summed E-state index contributed by atoms with van der Waals surface area (Å²) in [5.74, 6) is 1.05. The highest BCUT2D eigenvalue weighted by atomic mass is 32.1. The molecule has 3 rings (SSSR count). The number of rotatable bonds is 4. The van der Waals surface area contributed by atoms with Gasteiger partial charge in [0.2, 0.25) is 0 Å². The molecule has 1 fully saturated rings. The molecule has 0 amide bonds. The number of nitrogens with two attached hydrogens (primary N) is 1. The van der Waals surface area contributed by atoms with Crippen LogP contribution in [0, 0.1) is 13.8 Å². The van der Waals surface area contributed by atoms with Crippen molar-refractivity contribution in [2.24, 2.45) is 5.73 Å². The van der Waals surface area contributed by atoms with Crippen LogP contribution in [0.25, 0.3) is 10.8 Å². The highest BCUT2D eigenvalue weighted by Crippen LogP contribution is 2.28. The first-order chi connectivity index (χ1) is 10.1. The Bertz CT molecular complexity index is 605. The van der Waals surface area contributed by atoms with Gasteiger partial charge in [0, 0.05) is 19.6 Å². The molecule has 21 heavy (non-hydrogen) atoms. The molecule has 0 spiro atoms. The van der Waals surface area contributed by atoms with Crippen molar-refractivity contribution in [1.82, 2.24) is 20.0 Å². The highest BCUT2D eigenvalue weighted by molar-refractivity contribution is 7.15. The molecule has 1 unspecified atom stereocenters. The van der Waals surface area contributed by atoms with E-state index in [1.54, 1.807) is 11.3 Å². The highest BCUT2D eigenvalue weighted by Gasteiger charge is 2.21. The van der Waals surface area contributed by atoms with E-state index in [4.69, 9.17) is 15.0 Å². The summed E-state index contributed by atoms with van der Waals surface area (Å²) < 4.78 is 10.7. The van der Waals surface area contributed by atoms with Gasteiger partial charge in [-0.2, -0.15) is 4.98 Å². The van der Waals surface area contributed by atoms with E-state index in [1.807, 2.05) is 13.8 Å². The minimum Gasteiger partial charge on any atom is -0.379 e. The van der Waals surface area contributed by atoms with Gasteiger partial charge in [0.1, 0.15) is 4.88 Å². The first kappa shape index (κ1) is 14.6. The summed E-state index contributed by atoms with van der Waals surface area (Å²) in [6, 6.07) is -0.255. The van der Waals surface area contributed by atoms with E-state index in [-0.39, 0.29) is 6.04 Å². The number of aromatic nitrogens is 3. The zero-order chi connectivity index (χ0) is 14.8. The van der Waals surface area contributed by atoms with E-state index in [9.17, 15) is 0 Å². The molecule has 0 saturated carbocycles. The second-order valence-electron chi connectivity index (χ2n) is 5.12. The Kier molecular flexibility index (Phi) is 4.29. The minimum absolute atomic E-state index is 0.255. The SMILES string of the molecule is Cc1nc(C)c(-c2nc(C(N)CN3CCOCC3)no2)s1. The number of thiazole rings is 1. The maximum Gasteiger partial charge on any atom is 0.269 e. The lowest BCUT2D eigenvalue weighted by molar-refractivity contribution is 0.0348. The van der Waals surface area contributed by atoms with Crippen molar-refractivity contribution in [1.29, 1.82) is 0 Å². The van der Waals surface area contributed by atoms with Crippen LogP contribution in [0.3, 0.4) is 0 Å². The smallest absolute Gasteiger partial charge is 0.269 e. The number of morpholine rings is 1. The summed E-state index contributed by atoms with van der Waals surface area (Å²) in [6.07, 6.45) is 0. The van der Waals surface area contributed by atoms with Crippen molar-refractivity contribution in [3.05, 3.63) is 16.5 Å². The van der Waals surface area contributed by atoms with E-state index in [0.29, 0.717) is 18.3 Å². The van der Waals surface area contributed by atoms with Crippen LogP contribution in [0.1, 0.15) is 22.6 Å². The van der Waals surface area contributed by atoms with Gasteiger partial charge in [0.05, 0.1) is 30.0 Å². The normalized spacial score (nSPS) is 18.0. The zero-order valence-electron chi connectivity index (χ0n) is 12.2. The number of aryl methyl sites for hydroxylation is 2. The Morgan fingerprint density at radius 3 is 2.71 bits per heavy atom. The zero-order valence-corrected chi connectivity index (χ0v) is 13.0. The minimum atomic E-state index is -0.255. The molecule has 2 aromatic rings. The van der Waals surface area contributed by atoms with Gasteiger partial charge < -0.3 is 15.0 Å². The average molecular weight is 309 g/mol. The molecule has 1 aliphatic heterocycles. The molecule has 1 aliphatic rings. The van der Waals surface area contributed by atoms with Crippen LogP contribution in [-0.4, -0.2) is 52.9 Å². The van der Waals surface area contributed by atoms with E-state index in [1.165, 1.54) is 0 Å². The number of nitrogens with zero attached hydrogens (tertiary/aromatic N) is 4. The molecule has 7 nitrogen and oxygen atoms in total. The maximum atomic E-state index is 6.18. The molecule has 2 N–H and O–H groups in total. The monoisotopic (exact) mass is 309 g/mol. The molecule has 1 saturated heterocycles. The first-order valence-corrected chi connectivity index (χ1v) is 7.79. The molecule has 0 radical (unpaired) electrons. The van der Waals surface area contributed by atoms with Crippen LogP contribution in [0.15, 0.2) is 4.52 Å². The largest absolute Gasteiger partial charge is 0.379 e. The van der Waals surface area contributed by atoms with Gasteiger partial charge in [0.25, 0.3) is 5.89 Å². The fraction of sp³-hybridized carbons (Fsp3) is 0.615. The van der Waals surface area contributed by atoms with Gasteiger partial charge in [-0.15, -0.1) is 11.3 Å². The second-order valence-corrected chi connectivity index (χ2v) is 6.33. The fourth-order valence-electron chi connectivity index (χ4n) is 2.35. The lowest BCUT2D eigenvalue weighted by Crippen LogP contribution is -2.40. The molecule has 0 aromatic carbocycles. The molecular weight excluding hydrogens is 290 g/mol. The van der Waals surface area contributed by atoms with Crippen LogP contribution in [0.2, 0.25) is 0 Å². The number of ether oxygens (including phenoxy) is 1. The van der Waals surface area contributed by atoms with Crippen molar-refractivity contribution in [2.45, 2.75) is 19.9 Å². The van der Waals surface area contributed by atoms with Crippen molar-refractivity contribution < 1.29 is 9.26 Å². The maximum absolute atomic E-state index is 6.18. The number of hydrogen-bond donors (Lipinski definition) is 1. The third-order valence-electron chi connectivity index (χ3n) is 3.43. The van der Waals surface area contributed by atoms with Crippen molar-refractivity contribution in [2.75, 3.05) is 32.8 Å². The summed E-state index contributed by atoms with van der Waals surface area (Å²) in [7, 11) is 0. The first-order valence-electron chi connectivity index (χ1n) is 6.97. The van der Waals surface area contributed by atoms with E-state index in [2.05, 4.69) is 20.0 Å². The standard InChI is InChI=1S/C13H19N5O2S/c1-8-11(21-9(2)15-8)13-16-12(17-20-13)10(14)7-18-3-5-19-6-4-18/h10H,3-7,14H2,1-2H3. The van der Waals surface area contributed by atoms with Crippen LogP contribution in [0.5, 0.6) is 0 Å². The molecule has 3 heterocycles. The lowest BCUT2D eigenvalue weighted by atomic mass is 10.2. The average Bonchev–Trinajstić information content (AvgIpc) is 3.06. The Balaban J connectivity index is 1.70. The van der Waals surface area contributed by atoms with Crippen LogP contribution in [-0.2, 0) is 4.74 Å². The Morgan fingerprint density at radius 2 is 2.05 bits per heavy atom. The van der Waals surface area contributed by atoms with Gasteiger partial charge in [-0.1, -0.05) is 5.16 Å². The third kappa shape index (κ3) is 3.29. The van der Waals surface area contributed by atoms with Crippen LogP contribution >= 0.6 is 11.3 Å². The molecular formula is C13H19N5O2S. The van der Waals surface area contributed by atoms with E-state index >= 15 is 0 Å².